The molecular weight excluding hydrogens is 224 g/mol. The molecule has 4 nitrogen and oxygen atoms in total. The molecule has 0 spiro atoms. The summed E-state index contributed by atoms with van der Waals surface area (Å²) in [6, 6.07) is 0.485. The number of hydrogen-bond acceptors (Lipinski definition) is 3. The average Bonchev–Trinajstić information content (AvgIpc) is 2.41. The topological polar surface area (TPSA) is 72.2 Å². The quantitative estimate of drug-likeness (QED) is 0.719. The van der Waals surface area contributed by atoms with Crippen LogP contribution < -0.4 is 10.5 Å². The summed E-state index contributed by atoms with van der Waals surface area (Å²) in [5.74, 6) is 0.908. The molecule has 3 N–H and O–H groups in total. The lowest BCUT2D eigenvalue weighted by Gasteiger charge is -2.16. The fourth-order valence-electron chi connectivity index (χ4n) is 2.40. The Bertz CT molecular complexity index is 290. The third kappa shape index (κ3) is 5.82. The summed E-state index contributed by atoms with van der Waals surface area (Å²) in [4.78, 5) is 0. The van der Waals surface area contributed by atoms with Crippen molar-refractivity contribution in [3.63, 3.8) is 0 Å². The van der Waals surface area contributed by atoms with Gasteiger partial charge in [0.1, 0.15) is 0 Å². The number of rotatable bonds is 5. The highest BCUT2D eigenvalue weighted by molar-refractivity contribution is 7.89. The standard InChI is InChI=1S/C11H24N2O2S/c1-2-10-4-3-5-11(7-6-10)13-8-9-16(12,14)15/h10-11,13H,2-9H2,1H3,(H2,12,14,15). The monoisotopic (exact) mass is 248 g/mol. The normalized spacial score (nSPS) is 27.6. The first-order valence-electron chi connectivity index (χ1n) is 6.25. The van der Waals surface area contributed by atoms with Crippen LogP contribution in [0.25, 0.3) is 0 Å². The molecule has 0 heterocycles. The van der Waals surface area contributed by atoms with E-state index in [2.05, 4.69) is 12.2 Å². The molecule has 0 aromatic carbocycles. The Morgan fingerprint density at radius 1 is 1.25 bits per heavy atom. The molecule has 96 valence electrons. The van der Waals surface area contributed by atoms with Crippen LogP contribution in [0.5, 0.6) is 0 Å². The molecule has 0 amide bonds. The van der Waals surface area contributed by atoms with Crippen LogP contribution in [0, 0.1) is 5.92 Å². The van der Waals surface area contributed by atoms with Crippen molar-refractivity contribution >= 4 is 10.0 Å². The first-order valence-corrected chi connectivity index (χ1v) is 7.96. The van der Waals surface area contributed by atoms with E-state index in [1.165, 1.54) is 38.5 Å². The Morgan fingerprint density at radius 3 is 2.62 bits per heavy atom. The molecule has 5 heteroatoms. The van der Waals surface area contributed by atoms with Crippen molar-refractivity contribution in [2.75, 3.05) is 12.3 Å². The first-order chi connectivity index (χ1) is 7.51. The Labute approximate surface area is 99.0 Å². The van der Waals surface area contributed by atoms with E-state index in [4.69, 9.17) is 5.14 Å². The Balaban J connectivity index is 2.22. The zero-order valence-electron chi connectivity index (χ0n) is 10.1. The Hall–Kier alpha value is -0.130. The van der Waals surface area contributed by atoms with Gasteiger partial charge in [-0.15, -0.1) is 0 Å². The molecule has 0 aromatic rings. The fourth-order valence-corrected chi connectivity index (χ4v) is 2.80. The lowest BCUT2D eigenvalue weighted by molar-refractivity contribution is 0.429. The second kappa shape index (κ2) is 6.57. The molecule has 16 heavy (non-hydrogen) atoms. The van der Waals surface area contributed by atoms with Crippen molar-refractivity contribution in [3.05, 3.63) is 0 Å². The molecule has 2 atom stereocenters. The average molecular weight is 248 g/mol. The van der Waals surface area contributed by atoms with Gasteiger partial charge < -0.3 is 5.32 Å². The van der Waals surface area contributed by atoms with E-state index in [0.717, 1.165) is 5.92 Å². The number of hydrogen-bond donors (Lipinski definition) is 2. The molecule has 2 unspecified atom stereocenters. The largest absolute Gasteiger partial charge is 0.313 e. The summed E-state index contributed by atoms with van der Waals surface area (Å²) in [7, 11) is -3.31. The molecule has 1 fully saturated rings. The van der Waals surface area contributed by atoms with E-state index >= 15 is 0 Å². The third-order valence-electron chi connectivity index (χ3n) is 3.49. The van der Waals surface area contributed by atoms with Crippen LogP contribution >= 0.6 is 0 Å². The van der Waals surface area contributed by atoms with Crippen LogP contribution in [-0.2, 0) is 10.0 Å². The van der Waals surface area contributed by atoms with Gasteiger partial charge in [0, 0.05) is 12.6 Å². The van der Waals surface area contributed by atoms with Gasteiger partial charge in [0.05, 0.1) is 5.75 Å². The zero-order chi connectivity index (χ0) is 12.0. The number of nitrogens with one attached hydrogen (secondary N) is 1. The van der Waals surface area contributed by atoms with E-state index in [1.807, 2.05) is 0 Å². The highest BCUT2D eigenvalue weighted by Gasteiger charge is 2.17. The lowest BCUT2D eigenvalue weighted by Crippen LogP contribution is -2.34. The predicted molar refractivity (Wildman–Crippen MR) is 66.6 cm³/mol. The molecule has 0 aromatic heterocycles. The highest BCUT2D eigenvalue weighted by Crippen LogP contribution is 2.25. The zero-order valence-corrected chi connectivity index (χ0v) is 10.9. The van der Waals surface area contributed by atoms with Crippen molar-refractivity contribution in [2.24, 2.45) is 11.1 Å². The van der Waals surface area contributed by atoms with Gasteiger partial charge in [-0.05, 0) is 25.2 Å². The maximum atomic E-state index is 10.8. The molecule has 0 aliphatic heterocycles. The van der Waals surface area contributed by atoms with Gasteiger partial charge >= 0.3 is 0 Å². The van der Waals surface area contributed by atoms with Gasteiger partial charge in [-0.1, -0.05) is 26.2 Å². The van der Waals surface area contributed by atoms with Gasteiger partial charge in [-0.3, -0.25) is 0 Å². The number of primary sulfonamides is 1. The second-order valence-corrected chi connectivity index (χ2v) is 6.53. The molecule has 1 saturated carbocycles. The van der Waals surface area contributed by atoms with Crippen LogP contribution in [0.4, 0.5) is 0 Å². The van der Waals surface area contributed by atoms with Crippen LogP contribution in [0.2, 0.25) is 0 Å². The summed E-state index contributed by atoms with van der Waals surface area (Å²) in [6.45, 7) is 2.74. The maximum Gasteiger partial charge on any atom is 0.210 e. The molecule has 1 aliphatic carbocycles. The van der Waals surface area contributed by atoms with Crippen molar-refractivity contribution in [3.8, 4) is 0 Å². The molecular formula is C11H24N2O2S. The summed E-state index contributed by atoms with van der Waals surface area (Å²) in [6.07, 6.45) is 7.45. The fraction of sp³-hybridized carbons (Fsp3) is 1.00. The van der Waals surface area contributed by atoms with Crippen LogP contribution in [-0.4, -0.2) is 26.8 Å². The first kappa shape index (κ1) is 13.9. The van der Waals surface area contributed by atoms with Crippen molar-refractivity contribution in [1.82, 2.24) is 5.32 Å². The van der Waals surface area contributed by atoms with E-state index in [0.29, 0.717) is 12.6 Å². The third-order valence-corrected chi connectivity index (χ3v) is 4.26. The lowest BCUT2D eigenvalue weighted by atomic mass is 9.98. The highest BCUT2D eigenvalue weighted by atomic mass is 32.2. The van der Waals surface area contributed by atoms with Gasteiger partial charge in [-0.25, -0.2) is 13.6 Å². The number of nitrogens with two attached hydrogens (primary N) is 1. The van der Waals surface area contributed by atoms with E-state index in [9.17, 15) is 8.42 Å². The molecule has 1 rings (SSSR count). The van der Waals surface area contributed by atoms with Crippen LogP contribution in [0.3, 0.4) is 0 Å². The van der Waals surface area contributed by atoms with Gasteiger partial charge in [-0.2, -0.15) is 0 Å². The minimum Gasteiger partial charge on any atom is -0.313 e. The number of sulfonamides is 1. The van der Waals surface area contributed by atoms with Crippen LogP contribution in [0.15, 0.2) is 0 Å². The van der Waals surface area contributed by atoms with Crippen molar-refractivity contribution < 1.29 is 8.42 Å². The van der Waals surface area contributed by atoms with Crippen LogP contribution in [0.1, 0.15) is 45.4 Å². The predicted octanol–water partition coefficient (Wildman–Crippen LogP) is 1.22. The van der Waals surface area contributed by atoms with Gasteiger partial charge in [0.2, 0.25) is 10.0 Å². The molecule has 0 bridgehead atoms. The van der Waals surface area contributed by atoms with Crippen molar-refractivity contribution in [2.45, 2.75) is 51.5 Å². The SMILES string of the molecule is CCC1CCCC(NCCS(N)(=O)=O)CC1. The van der Waals surface area contributed by atoms with E-state index in [-0.39, 0.29) is 5.75 Å². The van der Waals surface area contributed by atoms with E-state index in [1.54, 1.807) is 0 Å². The smallest absolute Gasteiger partial charge is 0.210 e. The minimum absolute atomic E-state index is 0.0424. The second-order valence-electron chi connectivity index (χ2n) is 4.80. The molecule has 0 radical (unpaired) electrons. The summed E-state index contributed by atoms with van der Waals surface area (Å²) in [5, 5.41) is 8.26. The molecule has 1 aliphatic rings. The Kier molecular flexibility index (Phi) is 5.72. The summed E-state index contributed by atoms with van der Waals surface area (Å²) < 4.78 is 21.6. The van der Waals surface area contributed by atoms with Gasteiger partial charge in [0.15, 0.2) is 0 Å². The van der Waals surface area contributed by atoms with Gasteiger partial charge in [0.25, 0.3) is 0 Å². The summed E-state index contributed by atoms with van der Waals surface area (Å²) >= 11 is 0. The molecule has 0 saturated heterocycles. The minimum atomic E-state index is -3.31. The Morgan fingerprint density at radius 2 is 2.00 bits per heavy atom. The summed E-state index contributed by atoms with van der Waals surface area (Å²) in [5.41, 5.74) is 0. The maximum absolute atomic E-state index is 10.8. The van der Waals surface area contributed by atoms with Crippen molar-refractivity contribution in [1.29, 1.82) is 0 Å². The van der Waals surface area contributed by atoms with E-state index < -0.39 is 10.0 Å².